The van der Waals surface area contributed by atoms with E-state index in [1.807, 2.05) is 0 Å². The van der Waals surface area contributed by atoms with E-state index in [1.165, 1.54) is 0 Å². The molecule has 15 heavy (non-hydrogen) atoms. The molecule has 2 atom stereocenters. The lowest BCUT2D eigenvalue weighted by Crippen LogP contribution is -2.40. The summed E-state index contributed by atoms with van der Waals surface area (Å²) in [6.07, 6.45) is -3.85. The molecule has 0 spiro atoms. The van der Waals surface area contributed by atoms with Gasteiger partial charge in [-0.15, -0.1) is 0 Å². The Morgan fingerprint density at radius 1 is 1.27 bits per heavy atom. The summed E-state index contributed by atoms with van der Waals surface area (Å²) in [6, 6.07) is 0. The van der Waals surface area contributed by atoms with Crippen molar-refractivity contribution in [2.24, 2.45) is 11.8 Å². The Balaban J connectivity index is 2.00. The van der Waals surface area contributed by atoms with Gasteiger partial charge in [0.2, 0.25) is 0 Å². The number of amides is 1. The van der Waals surface area contributed by atoms with Crippen molar-refractivity contribution in [1.82, 2.24) is 10.2 Å². The molecule has 2 heterocycles. The first-order valence-corrected chi connectivity index (χ1v) is 5.05. The van der Waals surface area contributed by atoms with Gasteiger partial charge in [0.15, 0.2) is 0 Å². The van der Waals surface area contributed by atoms with Crippen LogP contribution in [0.4, 0.5) is 13.2 Å². The van der Waals surface area contributed by atoms with Crippen LogP contribution in [0.5, 0.6) is 0 Å². The van der Waals surface area contributed by atoms with E-state index in [-0.39, 0.29) is 24.9 Å². The highest BCUT2D eigenvalue weighted by Crippen LogP contribution is 2.30. The van der Waals surface area contributed by atoms with E-state index >= 15 is 0 Å². The van der Waals surface area contributed by atoms with Gasteiger partial charge in [-0.1, -0.05) is 0 Å². The molecule has 0 aromatic heterocycles. The average molecular weight is 222 g/mol. The van der Waals surface area contributed by atoms with Gasteiger partial charge in [0.05, 0.1) is 0 Å². The summed E-state index contributed by atoms with van der Waals surface area (Å²) in [4.78, 5) is 11.9. The molecule has 0 radical (unpaired) electrons. The van der Waals surface area contributed by atoms with E-state index in [2.05, 4.69) is 5.32 Å². The summed E-state index contributed by atoms with van der Waals surface area (Å²) in [5.41, 5.74) is 0. The fourth-order valence-corrected chi connectivity index (χ4v) is 2.42. The molecule has 2 aliphatic rings. The summed E-state index contributed by atoms with van der Waals surface area (Å²) >= 11 is 0. The van der Waals surface area contributed by atoms with Crippen LogP contribution >= 0.6 is 0 Å². The lowest BCUT2D eigenvalue weighted by atomic mass is 9.90. The maximum Gasteiger partial charge on any atom is 0.471 e. The SMILES string of the molecule is O=C(N1C[C@@H]2CCNC[C@H]2C1)C(F)(F)F. The van der Waals surface area contributed by atoms with Gasteiger partial charge in [0.1, 0.15) is 0 Å². The number of hydrogen-bond acceptors (Lipinski definition) is 2. The summed E-state index contributed by atoms with van der Waals surface area (Å²) in [5, 5.41) is 3.14. The van der Waals surface area contributed by atoms with Crippen LogP contribution in [-0.2, 0) is 4.79 Å². The minimum atomic E-state index is -4.72. The van der Waals surface area contributed by atoms with Crippen molar-refractivity contribution in [3.05, 3.63) is 0 Å². The molecule has 0 aromatic carbocycles. The third kappa shape index (κ3) is 2.09. The Labute approximate surface area is 85.6 Å². The predicted molar refractivity (Wildman–Crippen MR) is 47.1 cm³/mol. The van der Waals surface area contributed by atoms with Crippen LogP contribution in [0, 0.1) is 11.8 Å². The van der Waals surface area contributed by atoms with Gasteiger partial charge in [-0.3, -0.25) is 4.79 Å². The standard InChI is InChI=1S/C9H13F3N2O/c10-9(11,12)8(15)14-4-6-1-2-13-3-7(6)5-14/h6-7,13H,1-5H2/t6-,7-/m0/s1. The first-order valence-electron chi connectivity index (χ1n) is 5.05. The Hall–Kier alpha value is -0.780. The Bertz CT molecular complexity index is 253. The van der Waals surface area contributed by atoms with Crippen molar-refractivity contribution in [2.45, 2.75) is 12.6 Å². The summed E-state index contributed by atoms with van der Waals surface area (Å²) < 4.78 is 36.5. The van der Waals surface area contributed by atoms with Gasteiger partial charge in [0, 0.05) is 13.1 Å². The highest BCUT2D eigenvalue weighted by atomic mass is 19.4. The summed E-state index contributed by atoms with van der Waals surface area (Å²) in [5.74, 6) is -1.24. The van der Waals surface area contributed by atoms with Crippen LogP contribution in [0.3, 0.4) is 0 Å². The molecular formula is C9H13F3N2O. The second-order valence-corrected chi connectivity index (χ2v) is 4.22. The van der Waals surface area contributed by atoms with Gasteiger partial charge >= 0.3 is 12.1 Å². The normalized spacial score (nSPS) is 31.5. The number of likely N-dealkylation sites (tertiary alicyclic amines) is 1. The molecule has 0 unspecified atom stereocenters. The van der Waals surface area contributed by atoms with Crippen LogP contribution in [0.1, 0.15) is 6.42 Å². The van der Waals surface area contributed by atoms with Gasteiger partial charge in [-0.2, -0.15) is 13.2 Å². The quantitative estimate of drug-likeness (QED) is 0.651. The van der Waals surface area contributed by atoms with Crippen LogP contribution in [-0.4, -0.2) is 43.2 Å². The topological polar surface area (TPSA) is 32.3 Å². The largest absolute Gasteiger partial charge is 0.471 e. The first kappa shape index (κ1) is 10.7. The van der Waals surface area contributed by atoms with Crippen molar-refractivity contribution < 1.29 is 18.0 Å². The van der Waals surface area contributed by atoms with Crippen molar-refractivity contribution in [1.29, 1.82) is 0 Å². The monoisotopic (exact) mass is 222 g/mol. The molecule has 2 fully saturated rings. The fourth-order valence-electron chi connectivity index (χ4n) is 2.42. The maximum absolute atomic E-state index is 12.2. The van der Waals surface area contributed by atoms with Crippen LogP contribution in [0.15, 0.2) is 0 Å². The Kier molecular flexibility index (Phi) is 2.62. The highest BCUT2D eigenvalue weighted by molar-refractivity contribution is 5.82. The molecule has 0 bridgehead atoms. The van der Waals surface area contributed by atoms with E-state index in [4.69, 9.17) is 0 Å². The number of fused-ring (bicyclic) bond motifs is 1. The van der Waals surface area contributed by atoms with E-state index in [1.54, 1.807) is 0 Å². The zero-order valence-corrected chi connectivity index (χ0v) is 8.18. The minimum absolute atomic E-state index is 0.199. The molecule has 1 amide bonds. The highest BCUT2D eigenvalue weighted by Gasteiger charge is 2.47. The second kappa shape index (κ2) is 3.66. The third-order valence-corrected chi connectivity index (χ3v) is 3.20. The molecule has 0 aliphatic carbocycles. The summed E-state index contributed by atoms with van der Waals surface area (Å²) in [7, 11) is 0. The Morgan fingerprint density at radius 3 is 2.53 bits per heavy atom. The number of nitrogens with one attached hydrogen (secondary N) is 1. The Morgan fingerprint density at radius 2 is 1.93 bits per heavy atom. The number of halogens is 3. The van der Waals surface area contributed by atoms with Gasteiger partial charge in [-0.25, -0.2) is 0 Å². The molecular weight excluding hydrogens is 209 g/mol. The number of rotatable bonds is 0. The van der Waals surface area contributed by atoms with E-state index in [9.17, 15) is 18.0 Å². The number of piperidine rings is 1. The van der Waals surface area contributed by atoms with Crippen molar-refractivity contribution in [3.8, 4) is 0 Å². The van der Waals surface area contributed by atoms with Crippen LogP contribution < -0.4 is 5.32 Å². The number of alkyl halides is 3. The van der Waals surface area contributed by atoms with E-state index < -0.39 is 12.1 Å². The zero-order chi connectivity index (χ0) is 11.1. The lowest BCUT2D eigenvalue weighted by Gasteiger charge is -2.23. The summed E-state index contributed by atoms with van der Waals surface area (Å²) in [6.45, 7) is 2.09. The molecule has 3 nitrogen and oxygen atoms in total. The first-order chi connectivity index (χ1) is 6.98. The molecule has 1 N–H and O–H groups in total. The van der Waals surface area contributed by atoms with Crippen LogP contribution in [0.2, 0.25) is 0 Å². The van der Waals surface area contributed by atoms with Crippen LogP contribution in [0.25, 0.3) is 0 Å². The van der Waals surface area contributed by atoms with Crippen molar-refractivity contribution in [2.75, 3.05) is 26.2 Å². The zero-order valence-electron chi connectivity index (χ0n) is 8.18. The molecule has 0 saturated carbocycles. The fraction of sp³-hybridized carbons (Fsp3) is 0.889. The van der Waals surface area contributed by atoms with E-state index in [0.717, 1.165) is 24.4 Å². The van der Waals surface area contributed by atoms with E-state index in [0.29, 0.717) is 0 Å². The molecule has 6 heteroatoms. The third-order valence-electron chi connectivity index (χ3n) is 3.20. The average Bonchev–Trinajstić information content (AvgIpc) is 2.58. The molecule has 0 aromatic rings. The number of nitrogens with zero attached hydrogens (tertiary/aromatic N) is 1. The number of carbonyl (C=O) groups is 1. The molecule has 86 valence electrons. The lowest BCUT2D eigenvalue weighted by molar-refractivity contribution is -0.184. The maximum atomic E-state index is 12.2. The second-order valence-electron chi connectivity index (χ2n) is 4.22. The molecule has 2 aliphatic heterocycles. The van der Waals surface area contributed by atoms with Gasteiger partial charge in [-0.05, 0) is 31.3 Å². The van der Waals surface area contributed by atoms with Crippen molar-refractivity contribution >= 4 is 5.91 Å². The molecule has 2 saturated heterocycles. The van der Waals surface area contributed by atoms with Gasteiger partial charge in [0.25, 0.3) is 0 Å². The number of carbonyl (C=O) groups excluding carboxylic acids is 1. The van der Waals surface area contributed by atoms with Gasteiger partial charge < -0.3 is 10.2 Å². The number of hydrogen-bond donors (Lipinski definition) is 1. The minimum Gasteiger partial charge on any atom is -0.334 e. The molecule has 2 rings (SSSR count). The smallest absolute Gasteiger partial charge is 0.334 e. The van der Waals surface area contributed by atoms with Crippen molar-refractivity contribution in [3.63, 3.8) is 0 Å². The predicted octanol–water partition coefficient (Wildman–Crippen LogP) is 0.617.